The van der Waals surface area contributed by atoms with Gasteiger partial charge in [-0.15, -0.1) is 0 Å². The lowest BCUT2D eigenvalue weighted by Crippen LogP contribution is -2.65. The molecule has 2 rings (SSSR count). The van der Waals surface area contributed by atoms with Gasteiger partial charge in [0.25, 0.3) is 0 Å². The SMILES string of the molecule is NCC(=O)N[C@@H](CO[C@@H]1OC(CO)[C@@H](O)[C@H](O)C1NC(=O)CS)C(=O)C[C@@H](Cc1ccccc1)C(N)=O. The largest absolute Gasteiger partial charge is 0.394 e. The third kappa shape index (κ3) is 9.03. The van der Waals surface area contributed by atoms with Crippen molar-refractivity contribution in [2.45, 2.75) is 49.5 Å². The molecule has 14 heteroatoms. The number of aliphatic hydroxyl groups excluding tert-OH is 3. The number of ketones is 1. The molecule has 3 amide bonds. The average molecular weight is 543 g/mol. The fraction of sp³-hybridized carbons (Fsp3) is 0.565. The smallest absolute Gasteiger partial charge is 0.234 e. The van der Waals surface area contributed by atoms with Crippen LogP contribution in [-0.4, -0.2) is 101 Å². The Morgan fingerprint density at radius 3 is 2.35 bits per heavy atom. The van der Waals surface area contributed by atoms with E-state index in [0.717, 1.165) is 5.56 Å². The first-order chi connectivity index (χ1) is 17.6. The van der Waals surface area contributed by atoms with Crippen LogP contribution in [0.25, 0.3) is 0 Å². The molecule has 0 radical (unpaired) electrons. The van der Waals surface area contributed by atoms with Crippen molar-refractivity contribution in [2.75, 3.05) is 25.5 Å². The van der Waals surface area contributed by atoms with Gasteiger partial charge in [-0.25, -0.2) is 0 Å². The first kappa shape index (κ1) is 30.6. The molecule has 1 heterocycles. The molecule has 2 unspecified atom stereocenters. The number of carbonyl (C=O) groups is 4. The van der Waals surface area contributed by atoms with Crippen LogP contribution < -0.4 is 22.1 Å². The second-order valence-corrected chi connectivity index (χ2v) is 8.89. The Bertz CT molecular complexity index is 923. The number of thiol groups is 1. The van der Waals surface area contributed by atoms with Gasteiger partial charge in [0.2, 0.25) is 17.7 Å². The molecule has 37 heavy (non-hydrogen) atoms. The van der Waals surface area contributed by atoms with Gasteiger partial charge in [-0.2, -0.15) is 12.6 Å². The molecule has 1 aromatic rings. The van der Waals surface area contributed by atoms with E-state index >= 15 is 0 Å². The molecule has 0 saturated carbocycles. The number of hydrogen-bond acceptors (Lipinski definition) is 11. The summed E-state index contributed by atoms with van der Waals surface area (Å²) in [6, 6.07) is 6.38. The number of primary amides is 1. The van der Waals surface area contributed by atoms with Gasteiger partial charge >= 0.3 is 0 Å². The van der Waals surface area contributed by atoms with Gasteiger partial charge in [0, 0.05) is 12.3 Å². The molecule has 9 N–H and O–H groups in total. The van der Waals surface area contributed by atoms with Crippen molar-refractivity contribution in [3.05, 3.63) is 35.9 Å². The van der Waals surface area contributed by atoms with Crippen LogP contribution in [0.15, 0.2) is 30.3 Å². The van der Waals surface area contributed by atoms with Crippen LogP contribution >= 0.6 is 12.6 Å². The summed E-state index contributed by atoms with van der Waals surface area (Å²) < 4.78 is 11.1. The van der Waals surface area contributed by atoms with Gasteiger partial charge in [-0.3, -0.25) is 19.2 Å². The standard InChI is InChI=1S/C23H34N4O9S/c24-8-17(30)26-14(15(29)7-13(22(25)34)6-12-4-2-1-3-5-12)10-35-23-19(27-18(31)11-37)21(33)20(32)16(9-28)36-23/h1-5,13-14,16,19-21,23,28,32-33,37H,6-11,24H2,(H2,25,34)(H,26,30)(H,27,31)/t13-,14+,16?,19?,20-,21-,23-/m1/s1. The predicted molar refractivity (Wildman–Crippen MR) is 133 cm³/mol. The molecule has 1 fully saturated rings. The molecule has 0 aliphatic carbocycles. The van der Waals surface area contributed by atoms with E-state index in [-0.39, 0.29) is 18.6 Å². The normalized spacial score (nSPS) is 25.1. The number of hydrogen-bond donors (Lipinski definition) is 8. The summed E-state index contributed by atoms with van der Waals surface area (Å²) in [6.45, 7) is -1.59. The van der Waals surface area contributed by atoms with E-state index in [4.69, 9.17) is 20.9 Å². The fourth-order valence-electron chi connectivity index (χ4n) is 3.83. The third-order valence-electron chi connectivity index (χ3n) is 5.86. The Morgan fingerprint density at radius 1 is 1.11 bits per heavy atom. The molecule has 206 valence electrons. The maximum Gasteiger partial charge on any atom is 0.234 e. The zero-order valence-corrected chi connectivity index (χ0v) is 21.0. The first-order valence-electron chi connectivity index (χ1n) is 11.6. The Hall–Kier alpha value is -2.59. The van der Waals surface area contributed by atoms with Gasteiger partial charge in [0.1, 0.15) is 30.4 Å². The lowest BCUT2D eigenvalue weighted by atomic mass is 9.91. The molecule has 1 aliphatic heterocycles. The van der Waals surface area contributed by atoms with E-state index in [1.807, 2.05) is 0 Å². The Kier molecular flexibility index (Phi) is 12.4. The first-order valence-corrected chi connectivity index (χ1v) is 12.2. The molecule has 1 aliphatic rings. The number of rotatable bonds is 14. The number of carbonyl (C=O) groups excluding carboxylic acids is 4. The quantitative estimate of drug-likeness (QED) is 0.109. The zero-order chi connectivity index (χ0) is 27.5. The highest BCUT2D eigenvalue weighted by atomic mass is 32.1. The van der Waals surface area contributed by atoms with Crippen molar-refractivity contribution in [3.63, 3.8) is 0 Å². The summed E-state index contributed by atoms with van der Waals surface area (Å²) >= 11 is 3.86. The number of Topliss-reactive ketones (excluding diaryl/α,β-unsaturated/α-hetero) is 1. The van der Waals surface area contributed by atoms with E-state index in [0.29, 0.717) is 0 Å². The number of aliphatic hydroxyl groups is 3. The summed E-state index contributed by atoms with van der Waals surface area (Å²) in [7, 11) is 0. The van der Waals surface area contributed by atoms with Gasteiger partial charge in [0.15, 0.2) is 12.1 Å². The number of benzene rings is 1. The monoisotopic (exact) mass is 542 g/mol. The van der Waals surface area contributed by atoms with Gasteiger partial charge in [0.05, 0.1) is 25.5 Å². The molecule has 0 spiro atoms. The van der Waals surface area contributed by atoms with E-state index in [9.17, 15) is 34.5 Å². The lowest BCUT2D eigenvalue weighted by Gasteiger charge is -2.42. The molecule has 0 bridgehead atoms. The lowest BCUT2D eigenvalue weighted by molar-refractivity contribution is -0.270. The van der Waals surface area contributed by atoms with Crippen molar-refractivity contribution in [1.82, 2.24) is 10.6 Å². The van der Waals surface area contributed by atoms with E-state index in [2.05, 4.69) is 23.3 Å². The number of ether oxygens (including phenoxy) is 2. The predicted octanol–water partition coefficient (Wildman–Crippen LogP) is -3.40. The second-order valence-electron chi connectivity index (χ2n) is 8.58. The molecule has 1 aromatic carbocycles. The highest BCUT2D eigenvalue weighted by Gasteiger charge is 2.46. The minimum Gasteiger partial charge on any atom is -0.394 e. The van der Waals surface area contributed by atoms with E-state index in [1.165, 1.54) is 0 Å². The van der Waals surface area contributed by atoms with Crippen LogP contribution in [0.3, 0.4) is 0 Å². The van der Waals surface area contributed by atoms with E-state index < -0.39 is 85.9 Å². The number of amides is 3. The maximum atomic E-state index is 13.1. The maximum absolute atomic E-state index is 13.1. The van der Waals surface area contributed by atoms with Crippen molar-refractivity contribution < 1.29 is 44.0 Å². The van der Waals surface area contributed by atoms with Crippen LogP contribution in [-0.2, 0) is 35.1 Å². The molecule has 1 saturated heterocycles. The summed E-state index contributed by atoms with van der Waals surface area (Å²) in [5.74, 6) is -3.65. The molecule has 0 aromatic heterocycles. The average Bonchev–Trinajstić information content (AvgIpc) is 2.89. The van der Waals surface area contributed by atoms with Crippen molar-refractivity contribution in [1.29, 1.82) is 0 Å². The highest BCUT2D eigenvalue weighted by Crippen LogP contribution is 2.23. The summed E-state index contributed by atoms with van der Waals surface area (Å²) in [5.41, 5.74) is 11.7. The minimum absolute atomic E-state index is 0.201. The fourth-order valence-corrected chi connectivity index (χ4v) is 3.92. The van der Waals surface area contributed by atoms with Crippen molar-refractivity contribution in [2.24, 2.45) is 17.4 Å². The van der Waals surface area contributed by atoms with Crippen LogP contribution in [0.1, 0.15) is 12.0 Å². The minimum atomic E-state index is -1.59. The summed E-state index contributed by atoms with van der Waals surface area (Å²) in [6.07, 6.45) is -5.90. The van der Waals surface area contributed by atoms with Crippen molar-refractivity contribution >= 4 is 36.1 Å². The van der Waals surface area contributed by atoms with Crippen LogP contribution in [0, 0.1) is 5.92 Å². The number of nitrogens with two attached hydrogens (primary N) is 2. The number of nitrogens with one attached hydrogen (secondary N) is 2. The molecular formula is C23H34N4O9S. The molecule has 7 atom stereocenters. The van der Waals surface area contributed by atoms with Gasteiger partial charge in [-0.1, -0.05) is 30.3 Å². The van der Waals surface area contributed by atoms with E-state index in [1.54, 1.807) is 30.3 Å². The Balaban J connectivity index is 2.18. The second kappa shape index (κ2) is 15.0. The summed E-state index contributed by atoms with van der Waals surface area (Å²) in [4.78, 5) is 49.0. The molecular weight excluding hydrogens is 508 g/mol. The van der Waals surface area contributed by atoms with Crippen LogP contribution in [0.2, 0.25) is 0 Å². The summed E-state index contributed by atoms with van der Waals surface area (Å²) in [5, 5.41) is 34.9. The van der Waals surface area contributed by atoms with Gasteiger partial charge in [-0.05, 0) is 12.0 Å². The topological polar surface area (TPSA) is 224 Å². The van der Waals surface area contributed by atoms with Crippen molar-refractivity contribution in [3.8, 4) is 0 Å². The highest BCUT2D eigenvalue weighted by molar-refractivity contribution is 7.81. The Labute approximate surface area is 219 Å². The Morgan fingerprint density at radius 2 is 1.78 bits per heavy atom. The third-order valence-corrected chi connectivity index (χ3v) is 6.15. The molecule has 13 nitrogen and oxygen atoms in total. The van der Waals surface area contributed by atoms with Gasteiger partial charge < -0.3 is 46.9 Å². The zero-order valence-electron chi connectivity index (χ0n) is 20.1. The van der Waals surface area contributed by atoms with Crippen LogP contribution in [0.5, 0.6) is 0 Å². The van der Waals surface area contributed by atoms with Crippen LogP contribution in [0.4, 0.5) is 0 Å².